The predicted molar refractivity (Wildman–Crippen MR) is 62.8 cm³/mol. The van der Waals surface area contributed by atoms with Crippen LogP contribution in [0.3, 0.4) is 0 Å². The Kier molecular flexibility index (Phi) is 41.2. The molecule has 0 unspecified atom stereocenters. The van der Waals surface area contributed by atoms with Crippen LogP contribution in [0.1, 0.15) is 36.5 Å². The molecule has 3 N–H and O–H groups in total. The van der Waals surface area contributed by atoms with E-state index in [1.54, 1.807) is 0 Å². The minimum Gasteiger partial charge on any atom is -1.00 e. The molecule has 0 saturated carbocycles. The third-order valence-electron chi connectivity index (χ3n) is 0.697. The summed E-state index contributed by atoms with van der Waals surface area (Å²) in [5.74, 6) is 1.85. The molecule has 0 aliphatic carbocycles. The van der Waals surface area contributed by atoms with Crippen molar-refractivity contribution in [2.75, 3.05) is 11.5 Å². The number of rotatable bonds is 4. The van der Waals surface area contributed by atoms with Crippen molar-refractivity contribution in [3.8, 4) is 0 Å². The Hall–Kier alpha value is 0.546. The Morgan fingerprint density at radius 1 is 1.31 bits per heavy atom. The molecule has 0 rings (SSSR count). The number of hydrogen-bond acceptors (Lipinski definition) is 2. The number of thioether (sulfide) groups is 1. The Bertz CT molecular complexity index is 92.0. The molecular formula is C8H22MgO3S. The quantitative estimate of drug-likeness (QED) is 0.581. The molecule has 0 radical (unpaired) electrons. The average Bonchev–Trinajstić information content (AvgIpc) is 1.88. The molecule has 0 amide bonds. The van der Waals surface area contributed by atoms with E-state index < -0.39 is 5.97 Å². The monoisotopic (exact) mass is 222 g/mol. The molecule has 0 heterocycles. The maximum atomic E-state index is 9.00. The van der Waals surface area contributed by atoms with E-state index in [1.807, 2.05) is 0 Å². The van der Waals surface area contributed by atoms with Crippen LogP contribution in [0.2, 0.25) is 0 Å². The Balaban J connectivity index is -0.0000000230. The van der Waals surface area contributed by atoms with Gasteiger partial charge in [0, 0.05) is 6.92 Å². The van der Waals surface area contributed by atoms with Gasteiger partial charge in [0.1, 0.15) is 0 Å². The van der Waals surface area contributed by atoms with Crippen molar-refractivity contribution in [1.82, 2.24) is 0 Å². The van der Waals surface area contributed by atoms with Crippen LogP contribution in [0.4, 0.5) is 0 Å². The van der Waals surface area contributed by atoms with E-state index in [2.05, 4.69) is 25.6 Å². The van der Waals surface area contributed by atoms with Crippen LogP contribution in [-0.4, -0.2) is 51.1 Å². The summed E-state index contributed by atoms with van der Waals surface area (Å²) >= 11 is 2.05. The van der Waals surface area contributed by atoms with Crippen molar-refractivity contribution in [2.24, 2.45) is 0 Å². The summed E-state index contributed by atoms with van der Waals surface area (Å²) < 4.78 is 0. The van der Waals surface area contributed by atoms with Crippen molar-refractivity contribution in [3.05, 3.63) is 0 Å². The first-order valence-electron chi connectivity index (χ1n) is 3.92. The second-order valence-electron chi connectivity index (χ2n) is 2.13. The van der Waals surface area contributed by atoms with Crippen LogP contribution >= 0.6 is 11.8 Å². The first kappa shape index (κ1) is 23.4. The molecule has 0 aromatic carbocycles. The summed E-state index contributed by atoms with van der Waals surface area (Å²) in [4.78, 5) is 9.00. The van der Waals surface area contributed by atoms with Gasteiger partial charge in [-0.25, -0.2) is 0 Å². The maximum Gasteiger partial charge on any atom is 2.00 e. The number of carbonyl (C=O) groups is 1. The first-order chi connectivity index (χ1) is 5.15. The van der Waals surface area contributed by atoms with Gasteiger partial charge in [-0.2, -0.15) is 11.8 Å². The summed E-state index contributed by atoms with van der Waals surface area (Å²) in [6.45, 7) is 5.53. The number of hydrogen-bond donors (Lipinski definition) is 1. The van der Waals surface area contributed by atoms with Crippen molar-refractivity contribution >= 4 is 40.8 Å². The van der Waals surface area contributed by atoms with Crippen molar-refractivity contribution in [3.63, 3.8) is 0 Å². The average molecular weight is 223 g/mol. The zero-order valence-electron chi connectivity index (χ0n) is 10.8. The summed E-state index contributed by atoms with van der Waals surface area (Å²) in [6, 6.07) is 0. The van der Waals surface area contributed by atoms with Crippen LogP contribution in [0, 0.1) is 0 Å². The van der Waals surface area contributed by atoms with Gasteiger partial charge >= 0.3 is 23.1 Å². The fraction of sp³-hybridized carbons (Fsp3) is 0.875. The normalized spacial score (nSPS) is 7.00. The molecule has 0 aliphatic heterocycles. The number of aliphatic carboxylic acids is 1. The molecule has 0 fully saturated rings. The maximum absolute atomic E-state index is 9.00. The molecule has 0 bridgehead atoms. The molecule has 80 valence electrons. The van der Waals surface area contributed by atoms with E-state index in [1.165, 1.54) is 24.3 Å². The minimum atomic E-state index is -0.833. The van der Waals surface area contributed by atoms with Gasteiger partial charge in [-0.3, -0.25) is 4.79 Å². The molecular weight excluding hydrogens is 200 g/mol. The van der Waals surface area contributed by atoms with Crippen LogP contribution in [0.15, 0.2) is 0 Å². The van der Waals surface area contributed by atoms with Gasteiger partial charge in [-0.05, 0) is 24.3 Å². The summed E-state index contributed by atoms with van der Waals surface area (Å²) in [7, 11) is 0. The van der Waals surface area contributed by atoms with E-state index in [-0.39, 0.29) is 31.4 Å². The van der Waals surface area contributed by atoms with E-state index in [9.17, 15) is 0 Å². The molecule has 0 spiro atoms. The van der Waals surface area contributed by atoms with Gasteiger partial charge in [-0.1, -0.05) is 13.8 Å². The zero-order chi connectivity index (χ0) is 9.11. The minimum absolute atomic E-state index is 0. The molecule has 0 aromatic rings. The van der Waals surface area contributed by atoms with Gasteiger partial charge in [0.15, 0.2) is 0 Å². The summed E-state index contributed by atoms with van der Waals surface area (Å²) in [5, 5.41) is 7.42. The smallest absolute Gasteiger partial charge is 1.00 e. The molecule has 0 aromatic heterocycles. The first-order valence-corrected chi connectivity index (χ1v) is 5.07. The van der Waals surface area contributed by atoms with E-state index in [0.29, 0.717) is 0 Å². The van der Waals surface area contributed by atoms with Gasteiger partial charge in [-0.15, -0.1) is 0 Å². The standard InChI is InChI=1S/C6H14S.C2H4O2.Mg.H2O.2H/c1-3-5-7-6-4-2;1-2(3)4;;;;/h3-6H2,1-2H3;1H3,(H,3,4);;1H2;;/q;;+2;;2*-1. The van der Waals surface area contributed by atoms with Gasteiger partial charge in [0.05, 0.1) is 0 Å². The number of carboxylic acids is 1. The summed E-state index contributed by atoms with van der Waals surface area (Å²) in [6.07, 6.45) is 2.65. The van der Waals surface area contributed by atoms with Crippen LogP contribution in [0.25, 0.3) is 0 Å². The van der Waals surface area contributed by atoms with Crippen LogP contribution < -0.4 is 0 Å². The predicted octanol–water partition coefficient (Wildman–Crippen LogP) is 1.65. The number of carboxylic acid groups (broad SMARTS) is 1. The second kappa shape index (κ2) is 22.9. The topological polar surface area (TPSA) is 68.8 Å². The Morgan fingerprint density at radius 3 is 1.69 bits per heavy atom. The van der Waals surface area contributed by atoms with Gasteiger partial charge in [0.2, 0.25) is 0 Å². The molecule has 0 aliphatic rings. The van der Waals surface area contributed by atoms with Crippen molar-refractivity contribution in [2.45, 2.75) is 33.6 Å². The van der Waals surface area contributed by atoms with Crippen LogP contribution in [-0.2, 0) is 4.79 Å². The SMILES string of the molecule is CC(=O)O.CCCSCCC.O.[H-].[H-].[Mg+2]. The fourth-order valence-electron chi connectivity index (χ4n) is 0.391. The molecule has 0 saturated heterocycles. The second-order valence-corrected chi connectivity index (χ2v) is 3.36. The third kappa shape index (κ3) is 67.5. The largest absolute Gasteiger partial charge is 2.00 e. The van der Waals surface area contributed by atoms with Crippen molar-refractivity contribution in [1.29, 1.82) is 0 Å². The van der Waals surface area contributed by atoms with E-state index >= 15 is 0 Å². The van der Waals surface area contributed by atoms with E-state index in [4.69, 9.17) is 9.90 Å². The van der Waals surface area contributed by atoms with Crippen molar-refractivity contribution < 1.29 is 18.2 Å². The third-order valence-corrected chi connectivity index (χ3v) is 2.09. The van der Waals surface area contributed by atoms with E-state index in [0.717, 1.165) is 6.92 Å². The van der Waals surface area contributed by atoms with Crippen LogP contribution in [0.5, 0.6) is 0 Å². The molecule has 0 atom stereocenters. The molecule has 3 nitrogen and oxygen atoms in total. The fourth-order valence-corrected chi connectivity index (χ4v) is 1.17. The summed E-state index contributed by atoms with van der Waals surface area (Å²) in [5.41, 5.74) is 0. The van der Waals surface area contributed by atoms with Gasteiger partial charge < -0.3 is 13.4 Å². The van der Waals surface area contributed by atoms with Gasteiger partial charge in [0.25, 0.3) is 5.97 Å². The zero-order valence-corrected chi connectivity index (χ0v) is 11.0. The molecule has 5 heteroatoms. The molecule has 13 heavy (non-hydrogen) atoms. The Morgan fingerprint density at radius 2 is 1.54 bits per heavy atom. The Labute approximate surface area is 104 Å².